The van der Waals surface area contributed by atoms with Crippen LogP contribution in [0.2, 0.25) is 0 Å². The Hall–Kier alpha value is -2.05. The van der Waals surface area contributed by atoms with Crippen molar-refractivity contribution in [1.82, 2.24) is 0 Å². The van der Waals surface area contributed by atoms with Gasteiger partial charge in [0.2, 0.25) is 0 Å². The second kappa shape index (κ2) is 259. The summed E-state index contributed by atoms with van der Waals surface area (Å²) in [7, 11) is 0. The maximum Gasteiger partial charge on any atom is 0 e. The molecule has 0 aliphatic rings. The minimum absolute atomic E-state index is 0. The van der Waals surface area contributed by atoms with Crippen molar-refractivity contribution in [2.24, 2.45) is 0 Å². The smallest absolute Gasteiger partial charge is 0 e. The molecular weight excluding hydrogens is 278 g/mol. The predicted molar refractivity (Wildman–Crippen MR) is 29.8 cm³/mol. The summed E-state index contributed by atoms with van der Waals surface area (Å²) in [6.45, 7) is 28.5. The van der Waals surface area contributed by atoms with Crippen molar-refractivity contribution < 1.29 is 33.6 Å². The van der Waals surface area contributed by atoms with Gasteiger partial charge in [-0.15, -0.1) is 0 Å². The van der Waals surface area contributed by atoms with Crippen LogP contribution in [-0.2, 0) is 33.6 Å². The van der Waals surface area contributed by atoms with Crippen molar-refractivity contribution >= 4 is 0 Å². The van der Waals surface area contributed by atoms with Crippen LogP contribution in [0.1, 0.15) is 0 Å². The summed E-state index contributed by atoms with van der Waals surface area (Å²) in [5.41, 5.74) is 0. The van der Waals surface area contributed by atoms with E-state index in [2.05, 4.69) is 0 Å². The Morgan fingerprint density at radius 3 is 0.357 bits per heavy atom. The van der Waals surface area contributed by atoms with Crippen LogP contribution in [0.4, 0.5) is 0 Å². The molecule has 0 saturated carbocycles. The Kier molecular flexibility index (Phi) is 1700. The summed E-state index contributed by atoms with van der Waals surface area (Å²) in [5.74, 6) is 0. The average molecular weight is 278 g/mol. The quantitative estimate of drug-likeness (QED) is 0.468. The zero-order valence-electron chi connectivity index (χ0n) is 6.30. The van der Waals surface area contributed by atoms with E-state index in [0.29, 0.717) is 0 Å². The molecule has 0 aliphatic heterocycles. The molecule has 0 saturated heterocycles. The van der Waals surface area contributed by atoms with Crippen LogP contribution in [0, 0.1) is 71.0 Å². The fourth-order valence-electron chi connectivity index (χ4n) is 0. The van der Waals surface area contributed by atoms with E-state index in [1.807, 2.05) is 0 Å². The monoisotopic (exact) mass is 277 g/mol. The van der Waals surface area contributed by atoms with Crippen molar-refractivity contribution in [3.05, 3.63) is 39.4 Å². The Morgan fingerprint density at radius 1 is 0.357 bits per heavy atom. The van der Waals surface area contributed by atoms with E-state index in [1.165, 1.54) is 0 Å². The van der Waals surface area contributed by atoms with Gasteiger partial charge in [0.05, 0.1) is 0 Å². The van der Waals surface area contributed by atoms with Crippen LogP contribution in [-0.4, -0.2) is 0 Å². The first-order valence-electron chi connectivity index (χ1n) is 1.34. The molecule has 0 rings (SSSR count). The Balaban J connectivity index is -0.00000000500. The second-order valence-corrected chi connectivity index (χ2v) is 0. The summed E-state index contributed by atoms with van der Waals surface area (Å²) >= 11 is 0. The zero-order chi connectivity index (χ0) is 12.0. The number of nitrogens with zero attached hydrogens (tertiary/aromatic N) is 6. The van der Waals surface area contributed by atoms with Gasteiger partial charge in [0.15, 0.2) is 0 Å². The van der Waals surface area contributed by atoms with E-state index in [0.717, 1.165) is 0 Å². The topological polar surface area (TPSA) is 143 Å². The molecule has 0 N–H and O–H groups in total. The minimum atomic E-state index is 0. The molecule has 6 nitrogen and oxygen atoms in total. The van der Waals surface area contributed by atoms with E-state index in [9.17, 15) is 0 Å². The van der Waals surface area contributed by atoms with Gasteiger partial charge < -0.3 is 71.0 Å². The molecule has 0 fully saturated rings. The summed E-state index contributed by atoms with van der Waals surface area (Å²) in [6.07, 6.45) is 0. The van der Waals surface area contributed by atoms with Crippen LogP contribution < -0.4 is 0 Å². The normalized spacial score (nSPS) is 0.857. The van der Waals surface area contributed by atoms with Crippen molar-refractivity contribution in [2.75, 3.05) is 0 Å². The Labute approximate surface area is 105 Å². The van der Waals surface area contributed by atoms with Crippen LogP contribution >= 0.6 is 0 Å². The molecule has 0 amide bonds. The van der Waals surface area contributed by atoms with E-state index < -0.39 is 0 Å². The molecule has 0 aromatic carbocycles. The van der Waals surface area contributed by atoms with Crippen molar-refractivity contribution in [2.45, 2.75) is 0 Å². The summed E-state index contributed by atoms with van der Waals surface area (Å²) in [6, 6.07) is 0. The molecule has 0 unspecified atom stereocenters. The molecule has 0 bridgehead atoms. The zero-order valence-corrected chi connectivity index (χ0v) is 8.23. The second-order valence-electron chi connectivity index (χ2n) is 0. The van der Waals surface area contributed by atoms with Gasteiger partial charge in [-0.2, -0.15) is 0 Å². The molecule has 1 radical (unpaired) electrons. The van der Waals surface area contributed by atoms with Gasteiger partial charge in [-0.3, -0.25) is 0 Å². The van der Waals surface area contributed by atoms with E-state index in [1.54, 1.807) is 0 Å². The molecule has 81 valence electrons. The van der Waals surface area contributed by atoms with E-state index in [-0.39, 0.29) is 33.6 Å². The van der Waals surface area contributed by atoms with Gasteiger partial charge in [-0.1, -0.05) is 0 Å². The van der Waals surface area contributed by atoms with Crippen molar-refractivity contribution in [3.63, 3.8) is 0 Å². The molecule has 0 spiro atoms. The van der Waals surface area contributed by atoms with E-state index >= 15 is 0 Å². The first kappa shape index (κ1) is 91.8. The molecule has 0 atom stereocenters. The van der Waals surface area contributed by atoms with Crippen molar-refractivity contribution in [3.8, 4) is 0 Å². The third kappa shape index (κ3) is 190. The Bertz CT molecular complexity index is 97.3. The average Bonchev–Trinajstić information content (AvgIpc) is 2.33. The van der Waals surface area contributed by atoms with Gasteiger partial charge in [0, 0.05) is 33.6 Å². The van der Waals surface area contributed by atoms with E-state index in [4.69, 9.17) is 71.0 Å². The summed E-state index contributed by atoms with van der Waals surface area (Å²) < 4.78 is 0. The fourth-order valence-corrected chi connectivity index (χ4v) is 0. The molecule has 8 heteroatoms. The number of hydrogen-bond acceptors (Lipinski definition) is 6. The molecule has 0 aromatic heterocycles. The van der Waals surface area contributed by atoms with Crippen LogP contribution in [0.15, 0.2) is 0 Å². The number of hydrogen-bond donors (Lipinski definition) is 0. The van der Waals surface area contributed by atoms with Gasteiger partial charge in [-0.05, 0) is 0 Å². The third-order valence-electron chi connectivity index (χ3n) is 0. The standard InChI is InChI=1S/6CN.Cu.Ni/c6*1-2;;/q6*-1;;. The molecule has 0 aliphatic carbocycles. The summed E-state index contributed by atoms with van der Waals surface area (Å²) in [4.78, 5) is 0. The van der Waals surface area contributed by atoms with Gasteiger partial charge in [0.1, 0.15) is 0 Å². The summed E-state index contributed by atoms with van der Waals surface area (Å²) in [5, 5.41) is 37.5. The maximum atomic E-state index is 6.25. The van der Waals surface area contributed by atoms with Crippen molar-refractivity contribution in [1.29, 1.82) is 31.6 Å². The predicted octanol–water partition coefficient (Wildman–Crippen LogP) is 0.573. The molecule has 14 heavy (non-hydrogen) atoms. The molecule has 0 heterocycles. The molecule has 0 aromatic rings. The first-order valence-corrected chi connectivity index (χ1v) is 1.34. The van der Waals surface area contributed by atoms with Gasteiger partial charge in [-0.25, -0.2) is 0 Å². The van der Waals surface area contributed by atoms with Gasteiger partial charge >= 0.3 is 0 Å². The fraction of sp³-hybridized carbons (Fsp3) is 0. The maximum absolute atomic E-state index is 6.25. The number of rotatable bonds is 0. The molecular formula is C6CuN6Ni-6. The minimum Gasteiger partial charge on any atom is -0.512 e. The van der Waals surface area contributed by atoms with Crippen LogP contribution in [0.5, 0.6) is 0 Å². The largest absolute Gasteiger partial charge is 0.512 e. The van der Waals surface area contributed by atoms with Gasteiger partial charge in [0.25, 0.3) is 0 Å². The van der Waals surface area contributed by atoms with Crippen LogP contribution in [0.3, 0.4) is 0 Å². The Morgan fingerprint density at radius 2 is 0.357 bits per heavy atom. The SMILES string of the molecule is [C-]#N.[C-]#N.[C-]#N.[C-]#N.[C-]#N.[C-]#N.[Cu].[Ni]. The first-order chi connectivity index (χ1) is 6.00. The third-order valence-corrected chi connectivity index (χ3v) is 0. The van der Waals surface area contributed by atoms with Crippen LogP contribution in [0.25, 0.3) is 0 Å².